The van der Waals surface area contributed by atoms with Gasteiger partial charge in [-0.15, -0.1) is 5.11 Å². The average Bonchev–Trinajstić information content (AvgIpc) is 2.45. The number of hydrogen-bond acceptors (Lipinski definition) is 5. The van der Waals surface area contributed by atoms with Gasteiger partial charge < -0.3 is 0 Å². The third-order valence-corrected chi connectivity index (χ3v) is 2.25. The summed E-state index contributed by atoms with van der Waals surface area (Å²) in [6, 6.07) is 15.2. The van der Waals surface area contributed by atoms with Crippen LogP contribution in [0.2, 0.25) is 0 Å². The number of benzene rings is 2. The number of hydrogen-bond donors (Lipinski definition) is 2. The fourth-order valence-electron chi connectivity index (χ4n) is 1.33. The van der Waals surface area contributed by atoms with E-state index in [4.69, 9.17) is 0 Å². The molecule has 0 aliphatic carbocycles. The van der Waals surface area contributed by atoms with Crippen LogP contribution >= 0.6 is 0 Å². The number of anilines is 1. The molecule has 2 aromatic carbocycles. The van der Waals surface area contributed by atoms with Crippen molar-refractivity contribution in [3.8, 4) is 0 Å². The first-order chi connectivity index (χ1) is 9.25. The van der Waals surface area contributed by atoms with Gasteiger partial charge in [-0.05, 0) is 24.3 Å². The highest BCUT2D eigenvalue weighted by molar-refractivity contribution is 5.47. The first-order valence-corrected chi connectivity index (χ1v) is 5.47. The third kappa shape index (κ3) is 3.77. The van der Waals surface area contributed by atoms with Crippen molar-refractivity contribution in [3.63, 3.8) is 0 Å². The predicted molar refractivity (Wildman–Crippen MR) is 70.8 cm³/mol. The Balaban J connectivity index is 1.86. The van der Waals surface area contributed by atoms with Crippen molar-refractivity contribution in [1.29, 1.82) is 0 Å². The first-order valence-electron chi connectivity index (χ1n) is 5.47. The van der Waals surface area contributed by atoms with E-state index in [0.29, 0.717) is 5.69 Å². The van der Waals surface area contributed by atoms with E-state index in [1.165, 1.54) is 12.1 Å². The van der Waals surface area contributed by atoms with E-state index in [1.807, 2.05) is 30.3 Å². The Kier molecular flexibility index (Phi) is 4.01. The average molecular weight is 257 g/mol. The summed E-state index contributed by atoms with van der Waals surface area (Å²) in [6.45, 7) is 0. The molecule has 7 nitrogen and oxygen atoms in total. The predicted octanol–water partition coefficient (Wildman–Crippen LogP) is 3.21. The molecule has 0 unspecified atom stereocenters. The van der Waals surface area contributed by atoms with Crippen LogP contribution in [-0.2, 0) is 0 Å². The van der Waals surface area contributed by atoms with Crippen molar-refractivity contribution < 1.29 is 4.92 Å². The van der Waals surface area contributed by atoms with Crippen molar-refractivity contribution in [2.45, 2.75) is 0 Å². The van der Waals surface area contributed by atoms with Gasteiger partial charge in [0.2, 0.25) is 0 Å². The number of rotatable bonds is 5. The van der Waals surface area contributed by atoms with Gasteiger partial charge in [-0.2, -0.15) is 0 Å². The molecular weight excluding hydrogens is 246 g/mol. The molecule has 0 heterocycles. The smallest absolute Gasteiger partial charge is 0.269 e. The molecule has 0 fully saturated rings. The maximum Gasteiger partial charge on any atom is 0.269 e. The summed E-state index contributed by atoms with van der Waals surface area (Å²) in [7, 11) is 0. The van der Waals surface area contributed by atoms with Crippen LogP contribution in [0, 0.1) is 10.1 Å². The molecule has 2 N–H and O–H groups in total. The zero-order chi connectivity index (χ0) is 13.5. The number of non-ortho nitro benzene ring substituents is 1. The fraction of sp³-hybridized carbons (Fsp3) is 0. The molecule has 96 valence electrons. The van der Waals surface area contributed by atoms with Crippen LogP contribution in [-0.4, -0.2) is 4.92 Å². The molecule has 0 aliphatic rings. The SMILES string of the molecule is O=[N+]([O-])c1ccc(NNN=Nc2ccccc2)cc1. The van der Waals surface area contributed by atoms with Gasteiger partial charge in [0.1, 0.15) is 0 Å². The number of nitro benzene ring substituents is 1. The minimum absolute atomic E-state index is 0.0384. The maximum absolute atomic E-state index is 10.5. The lowest BCUT2D eigenvalue weighted by Gasteiger charge is -2.02. The molecule has 7 heteroatoms. The van der Waals surface area contributed by atoms with Gasteiger partial charge in [0, 0.05) is 12.1 Å². The van der Waals surface area contributed by atoms with Crippen LogP contribution < -0.4 is 11.0 Å². The molecule has 0 spiro atoms. The van der Waals surface area contributed by atoms with E-state index in [9.17, 15) is 10.1 Å². The molecule has 19 heavy (non-hydrogen) atoms. The quantitative estimate of drug-likeness (QED) is 0.488. The van der Waals surface area contributed by atoms with Crippen LogP contribution in [0.5, 0.6) is 0 Å². The Morgan fingerprint density at radius 3 is 2.32 bits per heavy atom. The number of nitrogens with one attached hydrogen (secondary N) is 2. The van der Waals surface area contributed by atoms with E-state index < -0.39 is 4.92 Å². The van der Waals surface area contributed by atoms with E-state index in [-0.39, 0.29) is 5.69 Å². The molecular formula is C12H11N5O2. The summed E-state index contributed by atoms with van der Waals surface area (Å²) >= 11 is 0. The van der Waals surface area contributed by atoms with Crippen LogP contribution in [0.25, 0.3) is 0 Å². The molecule has 0 amide bonds. The Bertz CT molecular complexity index is 568. The molecule has 0 atom stereocenters. The molecule has 0 saturated carbocycles. The number of hydrazine groups is 1. The molecule has 0 bridgehead atoms. The van der Waals surface area contributed by atoms with Crippen molar-refractivity contribution in [2.75, 3.05) is 5.43 Å². The van der Waals surface area contributed by atoms with Gasteiger partial charge in [0.25, 0.3) is 5.69 Å². The lowest BCUT2D eigenvalue weighted by molar-refractivity contribution is -0.384. The second kappa shape index (κ2) is 6.10. The topological polar surface area (TPSA) is 91.9 Å². The second-order valence-corrected chi connectivity index (χ2v) is 3.58. The fourth-order valence-corrected chi connectivity index (χ4v) is 1.33. The van der Waals surface area contributed by atoms with Crippen molar-refractivity contribution in [2.24, 2.45) is 10.3 Å². The molecule has 0 saturated heterocycles. The largest absolute Gasteiger partial charge is 0.284 e. The molecule has 2 aromatic rings. The Morgan fingerprint density at radius 2 is 1.68 bits per heavy atom. The third-order valence-electron chi connectivity index (χ3n) is 2.25. The van der Waals surface area contributed by atoms with E-state index in [1.54, 1.807) is 12.1 Å². The van der Waals surface area contributed by atoms with E-state index >= 15 is 0 Å². The highest BCUT2D eigenvalue weighted by Gasteiger charge is 2.02. The van der Waals surface area contributed by atoms with Crippen LogP contribution in [0.15, 0.2) is 64.9 Å². The summed E-state index contributed by atoms with van der Waals surface area (Å²) in [6.07, 6.45) is 0. The molecule has 2 rings (SSSR count). The molecule has 0 aromatic heterocycles. The highest BCUT2D eigenvalue weighted by atomic mass is 16.6. The lowest BCUT2D eigenvalue weighted by Crippen LogP contribution is -2.13. The summed E-state index contributed by atoms with van der Waals surface area (Å²) in [5.41, 5.74) is 6.70. The molecule has 0 aliphatic heterocycles. The van der Waals surface area contributed by atoms with Crippen molar-refractivity contribution >= 4 is 17.1 Å². The van der Waals surface area contributed by atoms with Gasteiger partial charge in [0.15, 0.2) is 0 Å². The highest BCUT2D eigenvalue weighted by Crippen LogP contribution is 2.14. The van der Waals surface area contributed by atoms with Gasteiger partial charge in [-0.25, -0.2) is 5.53 Å². The monoisotopic (exact) mass is 257 g/mol. The van der Waals surface area contributed by atoms with Crippen molar-refractivity contribution in [1.82, 2.24) is 5.53 Å². The summed E-state index contributed by atoms with van der Waals surface area (Å²) < 4.78 is 0. The van der Waals surface area contributed by atoms with Crippen LogP contribution in [0.1, 0.15) is 0 Å². The number of nitrogens with zero attached hydrogens (tertiary/aromatic N) is 3. The van der Waals surface area contributed by atoms with Crippen LogP contribution in [0.3, 0.4) is 0 Å². The van der Waals surface area contributed by atoms with Gasteiger partial charge >= 0.3 is 0 Å². The second-order valence-electron chi connectivity index (χ2n) is 3.58. The first kappa shape index (κ1) is 12.5. The van der Waals surface area contributed by atoms with E-state index in [2.05, 4.69) is 21.3 Å². The Morgan fingerprint density at radius 1 is 1.00 bits per heavy atom. The van der Waals surface area contributed by atoms with Gasteiger partial charge in [-0.1, -0.05) is 23.4 Å². The Hall–Kier alpha value is -2.96. The number of nitro groups is 1. The minimum Gasteiger partial charge on any atom is -0.284 e. The summed E-state index contributed by atoms with van der Waals surface area (Å²) in [5, 5.41) is 18.1. The lowest BCUT2D eigenvalue weighted by atomic mass is 10.3. The summed E-state index contributed by atoms with van der Waals surface area (Å²) in [4.78, 5) is 10.0. The minimum atomic E-state index is -0.452. The zero-order valence-electron chi connectivity index (χ0n) is 9.85. The van der Waals surface area contributed by atoms with Gasteiger partial charge in [-0.3, -0.25) is 15.5 Å². The van der Waals surface area contributed by atoms with Crippen molar-refractivity contribution in [3.05, 3.63) is 64.7 Å². The standard InChI is InChI=1S/C12H11N5O2/c18-17(19)12-8-6-11(7-9-12)14-16-15-13-10-4-2-1-3-5-10/h1-9H,(H,13,16)(H,14,15). The Labute approximate surface area is 109 Å². The zero-order valence-corrected chi connectivity index (χ0v) is 9.85. The molecule has 0 radical (unpaired) electrons. The van der Waals surface area contributed by atoms with Gasteiger partial charge in [0.05, 0.1) is 16.3 Å². The maximum atomic E-state index is 10.5. The van der Waals surface area contributed by atoms with E-state index in [0.717, 1.165) is 5.69 Å². The van der Waals surface area contributed by atoms with Crippen LogP contribution in [0.4, 0.5) is 17.1 Å². The normalized spacial score (nSPS) is 10.3. The summed E-state index contributed by atoms with van der Waals surface area (Å²) in [5.74, 6) is 0.